The number of aromatic hydroxyl groups is 1. The van der Waals surface area contributed by atoms with Crippen LogP contribution in [0.2, 0.25) is 0 Å². The first-order chi connectivity index (χ1) is 21.4. The van der Waals surface area contributed by atoms with E-state index in [1.165, 1.54) is 12.1 Å². The molecule has 4 amide bonds. The Labute approximate surface area is 265 Å². The number of carbonyl (C=O) groups is 5. The average Bonchev–Trinajstić information content (AvgIpc) is 3.00. The SMILES string of the molecule is NC(N)=NCCC[C@@H](NC(=O)[C@H](N)Cc1ccc(O)cc1)C(=O)N[C@H](Cc1ccccc1)C(=O)NCC(=O)N[C@@H](CS)C(=O)O. The molecular formula is C29H40N8O7S. The Morgan fingerprint density at radius 2 is 1.42 bits per heavy atom. The summed E-state index contributed by atoms with van der Waals surface area (Å²) in [5, 5.41) is 28.6. The van der Waals surface area contributed by atoms with Gasteiger partial charge in [0.1, 0.15) is 23.9 Å². The van der Waals surface area contributed by atoms with Gasteiger partial charge in [0.05, 0.1) is 12.6 Å². The molecule has 0 aliphatic rings. The molecule has 0 radical (unpaired) electrons. The molecule has 4 atom stereocenters. The zero-order chi connectivity index (χ0) is 33.4. The van der Waals surface area contributed by atoms with Gasteiger partial charge in [0.2, 0.25) is 23.6 Å². The largest absolute Gasteiger partial charge is 0.508 e. The second-order valence-electron chi connectivity index (χ2n) is 10.1. The van der Waals surface area contributed by atoms with Crippen LogP contribution in [0.1, 0.15) is 24.0 Å². The highest BCUT2D eigenvalue weighted by Gasteiger charge is 2.29. The van der Waals surface area contributed by atoms with Gasteiger partial charge in [-0.2, -0.15) is 12.6 Å². The predicted molar refractivity (Wildman–Crippen MR) is 170 cm³/mol. The van der Waals surface area contributed by atoms with Crippen molar-refractivity contribution in [2.24, 2.45) is 22.2 Å². The Hall–Kier alpha value is -4.83. The lowest BCUT2D eigenvalue weighted by atomic mass is 10.0. The molecular weight excluding hydrogens is 604 g/mol. The molecule has 15 nitrogen and oxygen atoms in total. The lowest BCUT2D eigenvalue weighted by molar-refractivity contribution is -0.141. The van der Waals surface area contributed by atoms with Gasteiger partial charge in [0.25, 0.3) is 0 Å². The van der Waals surface area contributed by atoms with Gasteiger partial charge in [0, 0.05) is 18.7 Å². The third kappa shape index (κ3) is 13.6. The maximum atomic E-state index is 13.5. The summed E-state index contributed by atoms with van der Waals surface area (Å²) in [6.45, 7) is -0.378. The summed E-state index contributed by atoms with van der Waals surface area (Å²) in [5.74, 6) is -4.30. The van der Waals surface area contributed by atoms with Crippen molar-refractivity contribution in [3.05, 3.63) is 65.7 Å². The Kier molecular flexibility index (Phi) is 15.2. The van der Waals surface area contributed by atoms with Crippen LogP contribution in [-0.2, 0) is 36.8 Å². The Bertz CT molecular complexity index is 1320. The van der Waals surface area contributed by atoms with Crippen molar-refractivity contribution in [3.8, 4) is 5.75 Å². The molecule has 0 aliphatic heterocycles. The number of phenols is 1. The Morgan fingerprint density at radius 1 is 0.800 bits per heavy atom. The van der Waals surface area contributed by atoms with Crippen molar-refractivity contribution in [1.29, 1.82) is 0 Å². The number of carboxylic acid groups (broad SMARTS) is 1. The summed E-state index contributed by atoms with van der Waals surface area (Å²) in [6, 6.07) is 10.4. The maximum Gasteiger partial charge on any atom is 0.327 e. The van der Waals surface area contributed by atoms with E-state index in [1.54, 1.807) is 42.5 Å². The van der Waals surface area contributed by atoms with Crippen LogP contribution in [0.5, 0.6) is 5.75 Å². The van der Waals surface area contributed by atoms with Gasteiger partial charge in [0.15, 0.2) is 5.96 Å². The van der Waals surface area contributed by atoms with Crippen LogP contribution in [0.4, 0.5) is 0 Å². The fourth-order valence-corrected chi connectivity index (χ4v) is 4.33. The molecule has 0 aromatic heterocycles. The van der Waals surface area contributed by atoms with E-state index < -0.39 is 60.3 Å². The van der Waals surface area contributed by atoms with Gasteiger partial charge >= 0.3 is 5.97 Å². The smallest absolute Gasteiger partial charge is 0.327 e. The number of guanidine groups is 1. The number of nitrogens with zero attached hydrogens (tertiary/aromatic N) is 1. The molecule has 0 heterocycles. The zero-order valence-corrected chi connectivity index (χ0v) is 25.4. The van der Waals surface area contributed by atoms with Crippen molar-refractivity contribution >= 4 is 48.2 Å². The Balaban J connectivity index is 2.18. The number of amides is 4. The predicted octanol–water partition coefficient (Wildman–Crippen LogP) is -1.86. The van der Waals surface area contributed by atoms with Gasteiger partial charge < -0.3 is 48.7 Å². The molecule has 0 aliphatic carbocycles. The number of thiol groups is 1. The standard InChI is InChI=1S/C29H40N8O7S/c30-20(13-18-8-10-19(38)11-9-18)25(40)36-21(7-4-12-33-29(31)32)27(42)37-22(14-17-5-2-1-3-6-17)26(41)34-15-24(39)35-23(16-45)28(43)44/h1-3,5-6,8-11,20-23,38,45H,4,7,12-16,30H2,(H,34,41)(H,35,39)(H,36,40)(H,37,42)(H,43,44)(H4,31,32,33)/t20-,21-,22-,23+/m1/s1. The number of nitrogens with one attached hydrogen (secondary N) is 4. The van der Waals surface area contributed by atoms with Crippen LogP contribution >= 0.6 is 12.6 Å². The minimum absolute atomic E-state index is 0.0451. The highest BCUT2D eigenvalue weighted by molar-refractivity contribution is 7.80. The number of phenolic OH excluding ortho intramolecular Hbond substituents is 1. The minimum Gasteiger partial charge on any atom is -0.508 e. The van der Waals surface area contributed by atoms with Crippen molar-refractivity contribution in [2.75, 3.05) is 18.8 Å². The molecule has 2 aromatic rings. The normalized spacial score (nSPS) is 13.3. The summed E-state index contributed by atoms with van der Waals surface area (Å²) in [5.41, 5.74) is 18.3. The minimum atomic E-state index is -1.28. The van der Waals surface area contributed by atoms with Crippen molar-refractivity contribution in [3.63, 3.8) is 0 Å². The van der Waals surface area contributed by atoms with Crippen molar-refractivity contribution < 1.29 is 34.2 Å². The molecule has 0 fully saturated rings. The number of hydrogen-bond donors (Lipinski definition) is 10. The second kappa shape index (κ2) is 18.7. The molecule has 244 valence electrons. The number of benzene rings is 2. The van der Waals surface area contributed by atoms with Crippen LogP contribution in [0.3, 0.4) is 0 Å². The van der Waals surface area contributed by atoms with E-state index in [0.29, 0.717) is 17.5 Å². The van der Waals surface area contributed by atoms with Gasteiger partial charge in [-0.1, -0.05) is 42.5 Å². The molecule has 0 unspecified atom stereocenters. The number of hydrogen-bond acceptors (Lipinski definition) is 9. The second-order valence-corrected chi connectivity index (χ2v) is 10.5. The van der Waals surface area contributed by atoms with Gasteiger partial charge in [-0.3, -0.25) is 24.2 Å². The molecule has 2 rings (SSSR count). The fraction of sp³-hybridized carbons (Fsp3) is 0.379. The highest BCUT2D eigenvalue weighted by Crippen LogP contribution is 2.11. The van der Waals surface area contributed by atoms with Crippen molar-refractivity contribution in [2.45, 2.75) is 49.9 Å². The lowest BCUT2D eigenvalue weighted by Gasteiger charge is -2.24. The van der Waals surface area contributed by atoms with Crippen molar-refractivity contribution in [1.82, 2.24) is 21.3 Å². The van der Waals surface area contributed by atoms with E-state index in [0.717, 1.165) is 0 Å². The first-order valence-corrected chi connectivity index (χ1v) is 14.7. The molecule has 0 bridgehead atoms. The molecule has 16 heteroatoms. The molecule has 0 spiro atoms. The fourth-order valence-electron chi connectivity index (χ4n) is 4.08. The van der Waals surface area contributed by atoms with Crippen LogP contribution < -0.4 is 38.5 Å². The summed E-state index contributed by atoms with van der Waals surface area (Å²) >= 11 is 3.89. The van der Waals surface area contributed by atoms with E-state index in [4.69, 9.17) is 22.3 Å². The number of aliphatic carboxylic acids is 1. The first kappa shape index (κ1) is 36.4. The van der Waals surface area contributed by atoms with E-state index in [-0.39, 0.29) is 43.3 Å². The summed E-state index contributed by atoms with van der Waals surface area (Å²) in [6.07, 6.45) is 0.576. The molecule has 0 saturated carbocycles. The highest BCUT2D eigenvalue weighted by atomic mass is 32.1. The molecule has 12 N–H and O–H groups in total. The maximum absolute atomic E-state index is 13.5. The van der Waals surface area contributed by atoms with Gasteiger partial charge in [-0.25, -0.2) is 4.79 Å². The van der Waals surface area contributed by atoms with Crippen LogP contribution in [0.25, 0.3) is 0 Å². The average molecular weight is 645 g/mol. The third-order valence-corrected chi connectivity index (χ3v) is 6.83. The quantitative estimate of drug-likeness (QED) is 0.0374. The summed E-state index contributed by atoms with van der Waals surface area (Å²) in [7, 11) is 0. The zero-order valence-electron chi connectivity index (χ0n) is 24.5. The lowest BCUT2D eigenvalue weighted by Crippen LogP contribution is -2.57. The summed E-state index contributed by atoms with van der Waals surface area (Å²) < 4.78 is 0. The van der Waals surface area contributed by atoms with E-state index in [9.17, 15) is 29.1 Å². The molecule has 0 saturated heterocycles. The van der Waals surface area contributed by atoms with E-state index in [1.807, 2.05) is 0 Å². The summed E-state index contributed by atoms with van der Waals surface area (Å²) in [4.78, 5) is 67.0. The third-order valence-electron chi connectivity index (χ3n) is 6.46. The monoisotopic (exact) mass is 644 g/mol. The molecule has 2 aromatic carbocycles. The van der Waals surface area contributed by atoms with E-state index >= 15 is 0 Å². The van der Waals surface area contributed by atoms with E-state index in [2.05, 4.69) is 38.9 Å². The van der Waals surface area contributed by atoms with Gasteiger partial charge in [-0.15, -0.1) is 0 Å². The topological polar surface area (TPSA) is 264 Å². The number of aliphatic imine (C=N–C) groups is 1. The number of rotatable bonds is 18. The number of nitrogens with two attached hydrogens (primary N) is 3. The van der Waals surface area contributed by atoms with Gasteiger partial charge in [-0.05, 0) is 42.5 Å². The number of carboxylic acids is 1. The Morgan fingerprint density at radius 3 is 2.02 bits per heavy atom. The first-order valence-electron chi connectivity index (χ1n) is 14.0. The van der Waals surface area contributed by atoms with Crippen LogP contribution in [0.15, 0.2) is 59.6 Å². The van der Waals surface area contributed by atoms with Crippen LogP contribution in [-0.4, -0.2) is 88.8 Å². The van der Waals surface area contributed by atoms with Crippen LogP contribution in [0, 0.1) is 0 Å². The number of carbonyl (C=O) groups excluding carboxylic acids is 4. The molecule has 45 heavy (non-hydrogen) atoms.